The molecule has 0 atom stereocenters. The van der Waals surface area contributed by atoms with E-state index in [-0.39, 0.29) is 4.90 Å². The molecule has 1 N–H and O–H groups in total. The van der Waals surface area contributed by atoms with E-state index < -0.39 is 21.3 Å². The quantitative estimate of drug-likeness (QED) is 0.673. The van der Waals surface area contributed by atoms with Crippen LogP contribution in [0.3, 0.4) is 0 Å². The molecule has 0 radical (unpaired) electrons. The summed E-state index contributed by atoms with van der Waals surface area (Å²) in [5, 5.41) is 0.455. The maximum Gasteiger partial charge on any atom is 0.264 e. The molecule has 3 aromatic rings. The van der Waals surface area contributed by atoms with E-state index in [1.54, 1.807) is 48.7 Å². The lowest BCUT2D eigenvalue weighted by atomic mass is 9.88. The summed E-state index contributed by atoms with van der Waals surface area (Å²) < 4.78 is 33.6. The molecule has 2 aromatic carbocycles. The minimum Gasteiger partial charge on any atom is -0.496 e. The molecule has 7 heteroatoms. The molecule has 1 aliphatic rings. The maximum atomic E-state index is 13.0. The summed E-state index contributed by atoms with van der Waals surface area (Å²) in [6, 6.07) is 13.5. The Bertz CT molecular complexity index is 1220. The van der Waals surface area contributed by atoms with Gasteiger partial charge in [0, 0.05) is 17.1 Å². The minimum absolute atomic E-state index is 0.0130. The van der Waals surface area contributed by atoms with Crippen molar-refractivity contribution in [2.24, 2.45) is 0 Å². The molecule has 28 heavy (non-hydrogen) atoms. The van der Waals surface area contributed by atoms with E-state index in [9.17, 15) is 13.2 Å². The second kappa shape index (κ2) is 6.45. The molecular formula is C21H18N2O4S. The van der Waals surface area contributed by atoms with Crippen molar-refractivity contribution in [2.45, 2.75) is 17.2 Å². The highest BCUT2D eigenvalue weighted by atomic mass is 32.2. The summed E-state index contributed by atoms with van der Waals surface area (Å²) in [7, 11) is -2.57. The number of hydrogen-bond donors (Lipinski definition) is 1. The number of methoxy groups -OCH3 is 1. The molecule has 0 spiro atoms. The van der Waals surface area contributed by atoms with Crippen LogP contribution in [-0.4, -0.2) is 26.4 Å². The molecule has 1 aliphatic carbocycles. The highest BCUT2D eigenvalue weighted by Gasteiger charge is 2.48. The Morgan fingerprint density at radius 1 is 1.07 bits per heavy atom. The van der Waals surface area contributed by atoms with Gasteiger partial charge in [-0.15, -0.1) is 0 Å². The van der Waals surface area contributed by atoms with Gasteiger partial charge in [-0.2, -0.15) is 0 Å². The lowest BCUT2D eigenvalue weighted by Crippen LogP contribution is -2.40. The highest BCUT2D eigenvalue weighted by molar-refractivity contribution is 7.90. The van der Waals surface area contributed by atoms with Gasteiger partial charge in [0.05, 0.1) is 17.5 Å². The number of aryl methyl sites for hydroxylation is 1. The van der Waals surface area contributed by atoms with E-state index in [2.05, 4.69) is 9.71 Å². The van der Waals surface area contributed by atoms with Crippen LogP contribution in [0.2, 0.25) is 0 Å². The average Bonchev–Trinajstić information content (AvgIpc) is 3.48. The smallest absolute Gasteiger partial charge is 0.264 e. The van der Waals surface area contributed by atoms with Crippen molar-refractivity contribution in [3.8, 4) is 5.75 Å². The number of amides is 1. The second-order valence-corrected chi connectivity index (χ2v) is 8.27. The van der Waals surface area contributed by atoms with Crippen LogP contribution in [0.15, 0.2) is 71.8 Å². The number of rotatable bonds is 5. The largest absolute Gasteiger partial charge is 0.496 e. The van der Waals surface area contributed by atoms with Crippen molar-refractivity contribution in [1.82, 2.24) is 9.71 Å². The predicted octanol–water partition coefficient (Wildman–Crippen LogP) is 2.86. The number of hydrogen-bond acceptors (Lipinski definition) is 5. The number of nitrogens with one attached hydrogen (secondary N) is 1. The van der Waals surface area contributed by atoms with Gasteiger partial charge in [0.1, 0.15) is 11.2 Å². The third-order valence-electron chi connectivity index (χ3n) is 4.87. The van der Waals surface area contributed by atoms with Crippen LogP contribution in [0.5, 0.6) is 5.75 Å². The lowest BCUT2D eigenvalue weighted by Gasteiger charge is -2.21. The normalized spacial score (nSPS) is 14.6. The number of sulfonamides is 1. The van der Waals surface area contributed by atoms with Crippen molar-refractivity contribution in [3.05, 3.63) is 78.0 Å². The van der Waals surface area contributed by atoms with E-state index >= 15 is 0 Å². The zero-order valence-electron chi connectivity index (χ0n) is 15.3. The summed E-state index contributed by atoms with van der Waals surface area (Å²) in [6.45, 7) is 1.86. The number of carbonyl (C=O) groups excluding carboxylic acids is 1. The fraction of sp³-hybridized carbons (Fsp3) is 0.143. The number of aromatic nitrogens is 1. The molecule has 6 nitrogen and oxygen atoms in total. The van der Waals surface area contributed by atoms with Gasteiger partial charge in [-0.3, -0.25) is 9.78 Å². The molecule has 1 heterocycles. The first kappa shape index (κ1) is 18.2. The Kier molecular flexibility index (Phi) is 4.19. The lowest BCUT2D eigenvalue weighted by molar-refractivity contribution is -0.121. The number of benzene rings is 2. The first-order chi connectivity index (χ1) is 13.4. The summed E-state index contributed by atoms with van der Waals surface area (Å²) in [5.41, 5.74) is 0.890. The molecule has 0 unspecified atom stereocenters. The first-order valence-electron chi connectivity index (χ1n) is 8.64. The fourth-order valence-electron chi connectivity index (χ4n) is 3.43. The van der Waals surface area contributed by atoms with Gasteiger partial charge in [0.15, 0.2) is 0 Å². The molecular weight excluding hydrogens is 376 g/mol. The third-order valence-corrected chi connectivity index (χ3v) is 6.26. The van der Waals surface area contributed by atoms with Crippen molar-refractivity contribution >= 4 is 26.8 Å². The maximum absolute atomic E-state index is 13.0. The van der Waals surface area contributed by atoms with Gasteiger partial charge in [0.2, 0.25) is 0 Å². The van der Waals surface area contributed by atoms with Crippen LogP contribution in [0.1, 0.15) is 11.1 Å². The van der Waals surface area contributed by atoms with Gasteiger partial charge in [-0.25, -0.2) is 13.1 Å². The zero-order valence-corrected chi connectivity index (χ0v) is 16.2. The first-order valence-corrected chi connectivity index (χ1v) is 10.1. The Labute approximate surface area is 162 Å². The van der Waals surface area contributed by atoms with Crippen LogP contribution in [0.4, 0.5) is 0 Å². The Morgan fingerprint density at radius 2 is 1.82 bits per heavy atom. The van der Waals surface area contributed by atoms with Gasteiger partial charge >= 0.3 is 0 Å². The van der Waals surface area contributed by atoms with Gasteiger partial charge in [0.25, 0.3) is 15.9 Å². The molecule has 142 valence electrons. The summed E-state index contributed by atoms with van der Waals surface area (Å²) in [5.74, 6) is -0.104. The van der Waals surface area contributed by atoms with Gasteiger partial charge < -0.3 is 4.74 Å². The number of nitrogens with zero attached hydrogens (tertiary/aromatic N) is 1. The van der Waals surface area contributed by atoms with Crippen molar-refractivity contribution in [2.75, 3.05) is 7.11 Å². The Balaban J connectivity index is 1.72. The van der Waals surface area contributed by atoms with E-state index in [0.717, 1.165) is 5.56 Å². The van der Waals surface area contributed by atoms with E-state index in [0.29, 0.717) is 22.2 Å². The number of carbonyl (C=O) groups is 1. The fourth-order valence-corrected chi connectivity index (χ4v) is 4.67. The molecule has 4 rings (SSSR count). The third kappa shape index (κ3) is 2.84. The van der Waals surface area contributed by atoms with E-state index in [4.69, 9.17) is 4.74 Å². The van der Waals surface area contributed by atoms with Crippen LogP contribution in [0, 0.1) is 6.92 Å². The SMILES string of the molecule is COc1cccc(C)c1C1(C(=O)NS(=O)(=O)c2cccc3ncccc23)C=C1. The van der Waals surface area contributed by atoms with Crippen molar-refractivity contribution in [3.63, 3.8) is 0 Å². The molecule has 0 bridgehead atoms. The van der Waals surface area contributed by atoms with Crippen LogP contribution in [-0.2, 0) is 20.2 Å². The summed E-state index contributed by atoms with van der Waals surface area (Å²) >= 11 is 0. The molecule has 1 aromatic heterocycles. The molecule has 0 fully saturated rings. The number of pyridine rings is 1. The van der Waals surface area contributed by atoms with E-state index in [1.807, 2.05) is 19.1 Å². The second-order valence-electron chi connectivity index (χ2n) is 6.62. The van der Waals surface area contributed by atoms with E-state index in [1.165, 1.54) is 13.2 Å². The molecule has 0 aliphatic heterocycles. The Morgan fingerprint density at radius 3 is 2.54 bits per heavy atom. The summed E-state index contributed by atoms with van der Waals surface area (Å²) in [4.78, 5) is 17.2. The summed E-state index contributed by atoms with van der Waals surface area (Å²) in [6.07, 6.45) is 4.94. The minimum atomic E-state index is -4.09. The van der Waals surface area contributed by atoms with Gasteiger partial charge in [-0.1, -0.05) is 30.4 Å². The monoisotopic (exact) mass is 394 g/mol. The number of ether oxygens (including phenoxy) is 1. The predicted molar refractivity (Wildman–Crippen MR) is 106 cm³/mol. The topological polar surface area (TPSA) is 85.4 Å². The number of fused-ring (bicyclic) bond motifs is 1. The van der Waals surface area contributed by atoms with Crippen LogP contribution < -0.4 is 9.46 Å². The molecule has 0 saturated carbocycles. The van der Waals surface area contributed by atoms with Crippen LogP contribution in [0.25, 0.3) is 10.9 Å². The zero-order chi connectivity index (χ0) is 19.9. The molecule has 1 amide bonds. The highest BCUT2D eigenvalue weighted by Crippen LogP contribution is 2.45. The van der Waals surface area contributed by atoms with Crippen LogP contribution >= 0.6 is 0 Å². The standard InChI is InChI=1S/C21H18N2O4S/c1-14-6-3-9-17(27-2)19(14)21(11-12-21)20(24)23-28(25,26)18-10-4-8-16-15(18)7-5-13-22-16/h3-13H,1-2H3,(H,23,24). The molecule has 0 saturated heterocycles. The van der Waals surface area contributed by atoms with Gasteiger partial charge in [-0.05, 0) is 42.8 Å². The van der Waals surface area contributed by atoms with Crippen molar-refractivity contribution in [1.29, 1.82) is 0 Å². The average molecular weight is 394 g/mol. The van der Waals surface area contributed by atoms with Crippen molar-refractivity contribution < 1.29 is 17.9 Å². The Hall–Kier alpha value is -3.19.